The highest BCUT2D eigenvalue weighted by molar-refractivity contribution is 9.10. The molecule has 2 aromatic rings. The van der Waals surface area contributed by atoms with Gasteiger partial charge in [-0.25, -0.2) is 9.97 Å². The van der Waals surface area contributed by atoms with Crippen LogP contribution in [-0.2, 0) is 6.54 Å². The van der Waals surface area contributed by atoms with Crippen LogP contribution in [0.15, 0.2) is 29.0 Å². The van der Waals surface area contributed by atoms with Gasteiger partial charge in [0.2, 0.25) is 11.8 Å². The van der Waals surface area contributed by atoms with Gasteiger partial charge < -0.3 is 19.5 Å². The third-order valence-electron chi connectivity index (χ3n) is 2.87. The minimum absolute atomic E-state index is 0.444. The van der Waals surface area contributed by atoms with Gasteiger partial charge in [-0.15, -0.1) is 0 Å². The van der Waals surface area contributed by atoms with Crippen LogP contribution >= 0.6 is 15.9 Å². The first-order valence-corrected chi connectivity index (χ1v) is 6.98. The number of methoxy groups -OCH3 is 3. The van der Waals surface area contributed by atoms with Crippen LogP contribution in [0.2, 0.25) is 0 Å². The Hall–Kier alpha value is -2.02. The Bertz CT molecular complexity index is 600. The number of nitrogens with one attached hydrogen (secondary N) is 1. The predicted octanol–water partition coefficient (Wildman–Crippen LogP) is 2.88. The number of benzene rings is 1. The molecule has 21 heavy (non-hydrogen) atoms. The Kier molecular flexibility index (Phi) is 5.21. The quantitative estimate of drug-likeness (QED) is 0.861. The molecule has 1 aromatic heterocycles. The van der Waals surface area contributed by atoms with Gasteiger partial charge >= 0.3 is 0 Å². The maximum Gasteiger partial charge on any atom is 0.225 e. The van der Waals surface area contributed by atoms with Crippen LogP contribution in [0.4, 0.5) is 5.69 Å². The Morgan fingerprint density at radius 3 is 2.29 bits per heavy atom. The van der Waals surface area contributed by atoms with E-state index in [0.29, 0.717) is 18.3 Å². The Labute approximate surface area is 131 Å². The lowest BCUT2D eigenvalue weighted by Gasteiger charge is -2.14. The summed E-state index contributed by atoms with van der Waals surface area (Å²) in [6.45, 7) is 0.444. The summed E-state index contributed by atoms with van der Waals surface area (Å²) in [5, 5.41) is 3.28. The summed E-state index contributed by atoms with van der Waals surface area (Å²) in [4.78, 5) is 8.17. The molecular weight excluding hydrogens is 338 g/mol. The summed E-state index contributed by atoms with van der Waals surface area (Å²) in [6.07, 6.45) is 1.40. The highest BCUT2D eigenvalue weighted by atomic mass is 79.9. The average Bonchev–Trinajstić information content (AvgIpc) is 2.52. The fourth-order valence-electron chi connectivity index (χ4n) is 1.89. The maximum atomic E-state index is 5.32. The van der Waals surface area contributed by atoms with Crippen molar-refractivity contribution in [3.8, 4) is 17.5 Å². The standard InChI is InChI=1S/C14H16BrN3O3/c1-19-12-5-4-9(15)6-11(12)16-7-10-13(20-2)17-8-18-14(10)21-3/h4-6,8,16H,7H2,1-3H3. The summed E-state index contributed by atoms with van der Waals surface area (Å²) < 4.78 is 16.8. The van der Waals surface area contributed by atoms with Gasteiger partial charge in [-0.2, -0.15) is 0 Å². The Morgan fingerprint density at radius 2 is 1.71 bits per heavy atom. The van der Waals surface area contributed by atoms with Gasteiger partial charge in [0.05, 0.1) is 39.1 Å². The zero-order valence-corrected chi connectivity index (χ0v) is 13.6. The molecule has 1 heterocycles. The molecule has 0 saturated heterocycles. The van der Waals surface area contributed by atoms with Crippen LogP contribution in [0, 0.1) is 0 Å². The molecule has 0 bridgehead atoms. The number of anilines is 1. The fraction of sp³-hybridized carbons (Fsp3) is 0.286. The van der Waals surface area contributed by atoms with Gasteiger partial charge in [0.15, 0.2) is 0 Å². The van der Waals surface area contributed by atoms with E-state index in [1.807, 2.05) is 18.2 Å². The number of ether oxygens (including phenoxy) is 3. The molecule has 0 amide bonds. The van der Waals surface area contributed by atoms with Gasteiger partial charge in [-0.1, -0.05) is 15.9 Å². The van der Waals surface area contributed by atoms with E-state index >= 15 is 0 Å². The van der Waals surface area contributed by atoms with Crippen molar-refractivity contribution >= 4 is 21.6 Å². The van der Waals surface area contributed by atoms with Gasteiger partial charge in [-0.3, -0.25) is 0 Å². The van der Waals surface area contributed by atoms with Crippen molar-refractivity contribution in [1.82, 2.24) is 9.97 Å². The Balaban J connectivity index is 2.26. The molecule has 7 heteroatoms. The van der Waals surface area contributed by atoms with Crippen molar-refractivity contribution in [2.24, 2.45) is 0 Å². The van der Waals surface area contributed by atoms with Crippen molar-refractivity contribution in [1.29, 1.82) is 0 Å². The van der Waals surface area contributed by atoms with Gasteiger partial charge in [-0.05, 0) is 18.2 Å². The summed E-state index contributed by atoms with van der Waals surface area (Å²) in [5.74, 6) is 1.69. The molecule has 0 spiro atoms. The van der Waals surface area contributed by atoms with E-state index < -0.39 is 0 Å². The smallest absolute Gasteiger partial charge is 0.225 e. The molecule has 1 N–H and O–H groups in total. The summed E-state index contributed by atoms with van der Waals surface area (Å²) in [6, 6.07) is 5.72. The first-order chi connectivity index (χ1) is 10.2. The normalized spacial score (nSPS) is 10.1. The van der Waals surface area contributed by atoms with Crippen molar-refractivity contribution in [3.63, 3.8) is 0 Å². The van der Waals surface area contributed by atoms with E-state index in [0.717, 1.165) is 21.5 Å². The third kappa shape index (κ3) is 3.55. The number of rotatable bonds is 6. The zero-order valence-electron chi connectivity index (χ0n) is 12.0. The largest absolute Gasteiger partial charge is 0.495 e. The first kappa shape index (κ1) is 15.4. The molecule has 0 aliphatic rings. The maximum absolute atomic E-state index is 5.32. The average molecular weight is 354 g/mol. The van der Waals surface area contributed by atoms with E-state index in [2.05, 4.69) is 31.2 Å². The van der Waals surface area contributed by atoms with Crippen LogP contribution in [0.25, 0.3) is 0 Å². The van der Waals surface area contributed by atoms with E-state index in [-0.39, 0.29) is 0 Å². The molecule has 0 saturated carbocycles. The topological polar surface area (TPSA) is 65.5 Å². The second-order valence-electron chi connectivity index (χ2n) is 4.07. The van der Waals surface area contributed by atoms with Crippen molar-refractivity contribution in [2.45, 2.75) is 6.54 Å². The number of hydrogen-bond acceptors (Lipinski definition) is 6. The summed E-state index contributed by atoms with van der Waals surface area (Å²) in [7, 11) is 4.75. The molecule has 112 valence electrons. The number of hydrogen-bond donors (Lipinski definition) is 1. The predicted molar refractivity (Wildman–Crippen MR) is 83.2 cm³/mol. The van der Waals surface area contributed by atoms with Crippen molar-refractivity contribution < 1.29 is 14.2 Å². The lowest BCUT2D eigenvalue weighted by atomic mass is 10.2. The Morgan fingerprint density at radius 1 is 1.05 bits per heavy atom. The van der Waals surface area contributed by atoms with Crippen LogP contribution < -0.4 is 19.5 Å². The molecular formula is C14H16BrN3O3. The van der Waals surface area contributed by atoms with Crippen LogP contribution in [0.1, 0.15) is 5.56 Å². The molecule has 0 atom stereocenters. The number of halogens is 1. The van der Waals surface area contributed by atoms with Crippen molar-refractivity contribution in [3.05, 3.63) is 34.6 Å². The van der Waals surface area contributed by atoms with E-state index in [1.54, 1.807) is 21.3 Å². The highest BCUT2D eigenvalue weighted by Crippen LogP contribution is 2.30. The minimum Gasteiger partial charge on any atom is -0.495 e. The molecule has 2 rings (SSSR count). The molecule has 0 unspecified atom stereocenters. The number of nitrogens with zero attached hydrogens (tertiary/aromatic N) is 2. The fourth-order valence-corrected chi connectivity index (χ4v) is 2.25. The molecule has 1 aromatic carbocycles. The lowest BCUT2D eigenvalue weighted by molar-refractivity contribution is 0.363. The second-order valence-corrected chi connectivity index (χ2v) is 4.98. The highest BCUT2D eigenvalue weighted by Gasteiger charge is 2.13. The second kappa shape index (κ2) is 7.12. The molecule has 0 aliphatic carbocycles. The molecule has 6 nitrogen and oxygen atoms in total. The summed E-state index contributed by atoms with van der Waals surface area (Å²) >= 11 is 3.44. The first-order valence-electron chi connectivity index (χ1n) is 6.18. The van der Waals surface area contributed by atoms with Crippen LogP contribution in [0.5, 0.6) is 17.5 Å². The zero-order chi connectivity index (χ0) is 15.2. The third-order valence-corrected chi connectivity index (χ3v) is 3.36. The van der Waals surface area contributed by atoms with Crippen LogP contribution in [-0.4, -0.2) is 31.3 Å². The van der Waals surface area contributed by atoms with Crippen LogP contribution in [0.3, 0.4) is 0 Å². The number of aromatic nitrogens is 2. The van der Waals surface area contributed by atoms with Gasteiger partial charge in [0, 0.05) is 4.47 Å². The minimum atomic E-state index is 0.444. The summed E-state index contributed by atoms with van der Waals surface area (Å²) in [5.41, 5.74) is 1.59. The molecule has 0 aliphatic heterocycles. The van der Waals surface area contributed by atoms with E-state index in [1.165, 1.54) is 6.33 Å². The SMILES string of the molecule is COc1ccc(Br)cc1NCc1c(OC)ncnc1OC. The van der Waals surface area contributed by atoms with Gasteiger partial charge in [0.25, 0.3) is 0 Å². The molecule has 0 fully saturated rings. The van der Waals surface area contributed by atoms with Gasteiger partial charge in [0.1, 0.15) is 12.1 Å². The molecule has 0 radical (unpaired) electrons. The lowest BCUT2D eigenvalue weighted by Crippen LogP contribution is -2.07. The van der Waals surface area contributed by atoms with E-state index in [4.69, 9.17) is 14.2 Å². The monoisotopic (exact) mass is 353 g/mol. The van der Waals surface area contributed by atoms with E-state index in [9.17, 15) is 0 Å². The van der Waals surface area contributed by atoms with Crippen molar-refractivity contribution in [2.75, 3.05) is 26.6 Å².